The first-order valence-corrected chi connectivity index (χ1v) is 8.56. The van der Waals surface area contributed by atoms with Crippen molar-refractivity contribution >= 4 is 24.2 Å². The van der Waals surface area contributed by atoms with E-state index in [0.717, 1.165) is 12.0 Å². The second kappa shape index (κ2) is 8.65. The lowest BCUT2D eigenvalue weighted by atomic mass is 9.90. The number of carbonyl (C=O) groups is 2. The van der Waals surface area contributed by atoms with Crippen molar-refractivity contribution in [2.75, 3.05) is 26.2 Å². The summed E-state index contributed by atoms with van der Waals surface area (Å²) in [5.41, 5.74) is 2.28. The molecule has 0 aromatic heterocycles. The Morgan fingerprint density at radius 1 is 1.32 bits per heavy atom. The highest BCUT2D eigenvalue weighted by atomic mass is 35.5. The van der Waals surface area contributed by atoms with Gasteiger partial charge in [-0.15, -0.1) is 12.4 Å². The Morgan fingerprint density at radius 2 is 2.08 bits per heavy atom. The Labute approximate surface area is 154 Å². The Hall–Kier alpha value is -1.63. The number of hydrogen-bond donors (Lipinski definition) is 3. The van der Waals surface area contributed by atoms with Gasteiger partial charge in [0.1, 0.15) is 0 Å². The highest BCUT2D eigenvalue weighted by molar-refractivity contribution is 5.85. The van der Waals surface area contributed by atoms with Gasteiger partial charge in [-0.2, -0.15) is 0 Å². The van der Waals surface area contributed by atoms with Crippen molar-refractivity contribution in [2.24, 2.45) is 5.92 Å². The zero-order chi connectivity index (χ0) is 17.1. The minimum absolute atomic E-state index is 0. The van der Waals surface area contributed by atoms with Crippen molar-refractivity contribution in [1.82, 2.24) is 15.5 Å². The van der Waals surface area contributed by atoms with E-state index in [4.69, 9.17) is 0 Å². The molecule has 2 heterocycles. The van der Waals surface area contributed by atoms with Crippen molar-refractivity contribution < 1.29 is 14.7 Å². The number of β-amino-alcohol motifs (C(OH)–C–C–N with tert-alkyl or cyclic N) is 1. The van der Waals surface area contributed by atoms with Gasteiger partial charge in [-0.1, -0.05) is 24.3 Å². The predicted octanol–water partition coefficient (Wildman–Crippen LogP) is 0.641. The van der Waals surface area contributed by atoms with Crippen LogP contribution in [0.4, 0.5) is 0 Å². The van der Waals surface area contributed by atoms with E-state index in [1.54, 1.807) is 11.8 Å². The van der Waals surface area contributed by atoms with Gasteiger partial charge in [0, 0.05) is 39.0 Å². The molecule has 1 aromatic rings. The van der Waals surface area contributed by atoms with Crippen LogP contribution in [0, 0.1) is 5.92 Å². The molecule has 7 heteroatoms. The van der Waals surface area contributed by atoms with Crippen molar-refractivity contribution in [1.29, 1.82) is 0 Å². The minimum Gasteiger partial charge on any atom is -0.391 e. The first kappa shape index (κ1) is 19.7. The highest BCUT2D eigenvalue weighted by Gasteiger charge is 2.31. The highest BCUT2D eigenvalue weighted by Crippen LogP contribution is 2.32. The molecule has 138 valence electrons. The van der Waals surface area contributed by atoms with Gasteiger partial charge in [0.15, 0.2) is 0 Å². The lowest BCUT2D eigenvalue weighted by Crippen LogP contribution is -2.42. The first-order chi connectivity index (χ1) is 11.6. The molecule has 2 aliphatic rings. The summed E-state index contributed by atoms with van der Waals surface area (Å²) in [5, 5.41) is 15.8. The third-order valence-electron chi connectivity index (χ3n) is 5.06. The van der Waals surface area contributed by atoms with E-state index < -0.39 is 6.10 Å². The van der Waals surface area contributed by atoms with E-state index in [0.29, 0.717) is 26.2 Å². The lowest BCUT2D eigenvalue weighted by molar-refractivity contribution is -0.133. The van der Waals surface area contributed by atoms with Gasteiger partial charge in [-0.25, -0.2) is 0 Å². The average Bonchev–Trinajstić information content (AvgIpc) is 2.98. The monoisotopic (exact) mass is 367 g/mol. The van der Waals surface area contributed by atoms with E-state index in [2.05, 4.69) is 16.7 Å². The summed E-state index contributed by atoms with van der Waals surface area (Å²) in [6, 6.07) is 7.81. The summed E-state index contributed by atoms with van der Waals surface area (Å²) in [6.07, 6.45) is 0.676. The summed E-state index contributed by atoms with van der Waals surface area (Å²) in [4.78, 5) is 26.2. The summed E-state index contributed by atoms with van der Waals surface area (Å²) in [7, 11) is 0. The van der Waals surface area contributed by atoms with Gasteiger partial charge < -0.3 is 20.6 Å². The van der Waals surface area contributed by atoms with E-state index >= 15 is 0 Å². The van der Waals surface area contributed by atoms with Gasteiger partial charge in [-0.3, -0.25) is 9.59 Å². The van der Waals surface area contributed by atoms with Crippen LogP contribution in [0.1, 0.15) is 30.5 Å². The number of aliphatic hydroxyl groups excluding tert-OH is 1. The maximum atomic E-state index is 12.4. The van der Waals surface area contributed by atoms with Gasteiger partial charge in [0.05, 0.1) is 18.6 Å². The Bertz CT molecular complexity index is 625. The molecule has 0 aliphatic carbocycles. The zero-order valence-electron chi connectivity index (χ0n) is 14.4. The topological polar surface area (TPSA) is 81.7 Å². The largest absolute Gasteiger partial charge is 0.391 e. The number of carbonyl (C=O) groups excluding carboxylic acids is 2. The second-order valence-corrected chi connectivity index (χ2v) is 6.67. The number of rotatable bonds is 4. The molecule has 1 aromatic carbocycles. The molecule has 3 rings (SSSR count). The summed E-state index contributed by atoms with van der Waals surface area (Å²) in [5.74, 6) is -0.0312. The lowest BCUT2D eigenvalue weighted by Gasteiger charge is -2.36. The van der Waals surface area contributed by atoms with Crippen LogP contribution in [0.2, 0.25) is 0 Å². The second-order valence-electron chi connectivity index (χ2n) is 6.67. The number of hydrogen-bond acceptors (Lipinski definition) is 4. The van der Waals surface area contributed by atoms with Gasteiger partial charge in [0.25, 0.3) is 0 Å². The minimum atomic E-state index is -0.408. The fraction of sp³-hybridized carbons (Fsp3) is 0.556. The first-order valence-electron chi connectivity index (χ1n) is 8.56. The molecule has 3 N–H and O–H groups in total. The smallest absolute Gasteiger partial charge is 0.222 e. The summed E-state index contributed by atoms with van der Waals surface area (Å²) < 4.78 is 0. The Balaban J connectivity index is 0.00000225. The molecule has 1 fully saturated rings. The molecule has 0 radical (unpaired) electrons. The van der Waals surface area contributed by atoms with Crippen LogP contribution in [0.25, 0.3) is 0 Å². The average molecular weight is 368 g/mol. The predicted molar refractivity (Wildman–Crippen MR) is 97.5 cm³/mol. The summed E-state index contributed by atoms with van der Waals surface area (Å²) in [6.45, 7) is 3.96. The van der Waals surface area contributed by atoms with E-state index in [-0.39, 0.29) is 42.6 Å². The molecule has 0 bridgehead atoms. The van der Waals surface area contributed by atoms with E-state index in [1.807, 2.05) is 18.2 Å². The molecule has 3 atom stereocenters. The molecule has 2 aliphatic heterocycles. The number of nitrogens with one attached hydrogen (secondary N) is 2. The van der Waals surface area contributed by atoms with Crippen LogP contribution >= 0.6 is 12.4 Å². The van der Waals surface area contributed by atoms with Gasteiger partial charge in [0.2, 0.25) is 11.8 Å². The fourth-order valence-corrected chi connectivity index (χ4v) is 3.67. The molecular weight excluding hydrogens is 342 g/mol. The maximum Gasteiger partial charge on any atom is 0.222 e. The number of fused-ring (bicyclic) bond motifs is 1. The molecule has 6 nitrogen and oxygen atoms in total. The third kappa shape index (κ3) is 4.51. The van der Waals surface area contributed by atoms with Crippen LogP contribution in [0.3, 0.4) is 0 Å². The van der Waals surface area contributed by atoms with Crippen molar-refractivity contribution in [2.45, 2.75) is 31.9 Å². The van der Waals surface area contributed by atoms with Crippen LogP contribution in [0.15, 0.2) is 24.3 Å². The number of aliphatic hydroxyl groups is 1. The zero-order valence-corrected chi connectivity index (χ0v) is 15.2. The number of nitrogens with zero attached hydrogens (tertiary/aromatic N) is 1. The van der Waals surface area contributed by atoms with Gasteiger partial charge >= 0.3 is 0 Å². The normalized spacial score (nSPS) is 25.0. The van der Waals surface area contributed by atoms with E-state index in [9.17, 15) is 14.7 Å². The summed E-state index contributed by atoms with van der Waals surface area (Å²) >= 11 is 0. The fourth-order valence-electron chi connectivity index (χ4n) is 3.67. The van der Waals surface area contributed by atoms with Crippen molar-refractivity contribution in [3.8, 4) is 0 Å². The standard InChI is InChI=1S/C18H25N3O3.ClH/c1-12(22)21-7-6-13-4-2-3-5-15(13)16(21)8-18(24)20-10-14-9-19-11-17(14)23;/h2-5,14,16-17,19,23H,6-11H2,1H3,(H,20,24);1H. The van der Waals surface area contributed by atoms with Crippen LogP contribution < -0.4 is 10.6 Å². The Kier molecular flexibility index (Phi) is 6.81. The molecule has 0 saturated carbocycles. The van der Waals surface area contributed by atoms with Crippen molar-refractivity contribution in [3.05, 3.63) is 35.4 Å². The van der Waals surface area contributed by atoms with E-state index in [1.165, 1.54) is 5.56 Å². The van der Waals surface area contributed by atoms with Crippen LogP contribution in [-0.4, -0.2) is 54.1 Å². The van der Waals surface area contributed by atoms with Gasteiger partial charge in [-0.05, 0) is 17.5 Å². The molecule has 2 amide bonds. The number of halogens is 1. The molecule has 0 spiro atoms. The molecular formula is C18H26ClN3O3. The van der Waals surface area contributed by atoms with Crippen LogP contribution in [-0.2, 0) is 16.0 Å². The third-order valence-corrected chi connectivity index (χ3v) is 5.06. The van der Waals surface area contributed by atoms with Crippen LogP contribution in [0.5, 0.6) is 0 Å². The quantitative estimate of drug-likeness (QED) is 0.729. The Morgan fingerprint density at radius 3 is 2.76 bits per heavy atom. The number of benzene rings is 1. The maximum absolute atomic E-state index is 12.4. The number of amides is 2. The molecule has 1 saturated heterocycles. The van der Waals surface area contributed by atoms with Crippen molar-refractivity contribution in [3.63, 3.8) is 0 Å². The SMILES string of the molecule is CC(=O)N1CCc2ccccc2C1CC(=O)NCC1CNCC1O.Cl. The molecule has 3 unspecified atom stereocenters. The molecule has 25 heavy (non-hydrogen) atoms.